The molecular formula is C17H29N5O2. The molecule has 0 bridgehead atoms. The maximum Gasteiger partial charge on any atom is 0.232 e. The minimum atomic E-state index is 0.0541. The summed E-state index contributed by atoms with van der Waals surface area (Å²) in [6.45, 7) is 4.63. The topological polar surface area (TPSA) is 65.7 Å². The number of hydrogen-bond donors (Lipinski definition) is 0. The molecule has 0 N–H and O–H groups in total. The number of carbonyl (C=O) groups is 1. The Morgan fingerprint density at radius 3 is 2.75 bits per heavy atom. The van der Waals surface area contributed by atoms with Crippen molar-refractivity contribution >= 4 is 5.91 Å². The second-order valence-corrected chi connectivity index (χ2v) is 7.54. The number of amides is 1. The number of likely N-dealkylation sites (N-methyl/N-ethyl adjacent to an activating group) is 1. The van der Waals surface area contributed by atoms with Crippen LogP contribution in [-0.4, -0.2) is 84.6 Å². The van der Waals surface area contributed by atoms with Crippen LogP contribution in [0.5, 0.6) is 0 Å². The van der Waals surface area contributed by atoms with Crippen molar-refractivity contribution in [1.82, 2.24) is 24.8 Å². The molecule has 24 heavy (non-hydrogen) atoms. The molecule has 0 radical (unpaired) electrons. The van der Waals surface area contributed by atoms with E-state index in [-0.39, 0.29) is 11.8 Å². The highest BCUT2D eigenvalue weighted by Gasteiger charge is 2.34. The third-order valence-corrected chi connectivity index (χ3v) is 5.17. The van der Waals surface area contributed by atoms with E-state index in [1.165, 1.54) is 12.8 Å². The van der Waals surface area contributed by atoms with E-state index >= 15 is 0 Å². The normalized spacial score (nSPS) is 23.6. The minimum absolute atomic E-state index is 0.0541. The molecular weight excluding hydrogens is 306 g/mol. The fraction of sp³-hybridized carbons (Fsp3) is 0.824. The average molecular weight is 335 g/mol. The van der Waals surface area contributed by atoms with E-state index in [0.717, 1.165) is 38.4 Å². The van der Waals surface area contributed by atoms with E-state index in [0.29, 0.717) is 24.8 Å². The van der Waals surface area contributed by atoms with Crippen LogP contribution < -0.4 is 0 Å². The van der Waals surface area contributed by atoms with Gasteiger partial charge in [-0.3, -0.25) is 4.79 Å². The lowest BCUT2D eigenvalue weighted by molar-refractivity contribution is -0.127. The van der Waals surface area contributed by atoms with Crippen molar-refractivity contribution in [2.24, 2.45) is 5.92 Å². The largest absolute Gasteiger partial charge is 0.341 e. The summed E-state index contributed by atoms with van der Waals surface area (Å²) in [6, 6.07) is 0. The molecule has 0 aromatic carbocycles. The minimum Gasteiger partial charge on any atom is -0.341 e. The number of piperidine rings is 1. The van der Waals surface area contributed by atoms with Gasteiger partial charge in [-0.05, 0) is 53.0 Å². The standard InChI is InChI=1S/C17H29N5O2/c1-20(2)8-9-22-12-14(11-16(22)23)17-18-15(19-24-17)10-13-4-6-21(3)7-5-13/h13-14H,4-12H2,1-3H3. The van der Waals surface area contributed by atoms with Crippen molar-refractivity contribution in [3.8, 4) is 0 Å². The van der Waals surface area contributed by atoms with Gasteiger partial charge in [-0.1, -0.05) is 5.16 Å². The highest BCUT2D eigenvalue weighted by Crippen LogP contribution is 2.27. The van der Waals surface area contributed by atoms with Crippen LogP contribution >= 0.6 is 0 Å². The van der Waals surface area contributed by atoms with Crippen molar-refractivity contribution in [2.45, 2.75) is 31.6 Å². The predicted molar refractivity (Wildman–Crippen MR) is 90.7 cm³/mol. The lowest BCUT2D eigenvalue weighted by Gasteiger charge is -2.28. The predicted octanol–water partition coefficient (Wildman–Crippen LogP) is 0.831. The first-order valence-corrected chi connectivity index (χ1v) is 8.95. The number of carbonyl (C=O) groups excluding carboxylic acids is 1. The van der Waals surface area contributed by atoms with Crippen molar-refractivity contribution in [3.05, 3.63) is 11.7 Å². The van der Waals surface area contributed by atoms with Gasteiger partial charge in [0.1, 0.15) is 0 Å². The number of aromatic nitrogens is 2. The third-order valence-electron chi connectivity index (χ3n) is 5.17. The van der Waals surface area contributed by atoms with E-state index in [2.05, 4.69) is 27.0 Å². The summed E-state index contributed by atoms with van der Waals surface area (Å²) < 4.78 is 5.47. The van der Waals surface area contributed by atoms with Gasteiger partial charge in [0.2, 0.25) is 11.8 Å². The molecule has 7 heteroatoms. The van der Waals surface area contributed by atoms with E-state index in [9.17, 15) is 4.79 Å². The Kier molecular flexibility index (Phi) is 5.50. The summed E-state index contributed by atoms with van der Waals surface area (Å²) >= 11 is 0. The molecule has 2 saturated heterocycles. The van der Waals surface area contributed by atoms with Crippen LogP contribution in [-0.2, 0) is 11.2 Å². The zero-order valence-corrected chi connectivity index (χ0v) is 15.1. The molecule has 3 heterocycles. The Morgan fingerprint density at radius 2 is 2.04 bits per heavy atom. The molecule has 0 aliphatic carbocycles. The highest BCUT2D eigenvalue weighted by atomic mass is 16.5. The summed E-state index contributed by atoms with van der Waals surface area (Å²) in [5.74, 6) is 2.33. The van der Waals surface area contributed by atoms with E-state index in [1.807, 2.05) is 19.0 Å². The molecule has 1 aromatic rings. The molecule has 134 valence electrons. The SMILES string of the molecule is CN(C)CCN1CC(c2nc(CC3CCN(C)CC3)no2)CC1=O. The molecule has 2 aliphatic heterocycles. The van der Waals surface area contributed by atoms with Gasteiger partial charge in [-0.15, -0.1) is 0 Å². The van der Waals surface area contributed by atoms with E-state index < -0.39 is 0 Å². The fourth-order valence-corrected chi connectivity index (χ4v) is 3.51. The number of rotatable bonds is 6. The molecule has 0 spiro atoms. The lowest BCUT2D eigenvalue weighted by atomic mass is 9.93. The fourth-order valence-electron chi connectivity index (χ4n) is 3.51. The molecule has 0 saturated carbocycles. The van der Waals surface area contributed by atoms with E-state index in [1.54, 1.807) is 0 Å². The molecule has 1 atom stereocenters. The van der Waals surface area contributed by atoms with Gasteiger partial charge in [0, 0.05) is 32.5 Å². The average Bonchev–Trinajstić information content (AvgIpc) is 3.14. The number of nitrogens with zero attached hydrogens (tertiary/aromatic N) is 5. The third kappa shape index (κ3) is 4.33. The van der Waals surface area contributed by atoms with Crippen LogP contribution in [0, 0.1) is 5.92 Å². The molecule has 7 nitrogen and oxygen atoms in total. The maximum atomic E-state index is 12.1. The van der Waals surface area contributed by atoms with Gasteiger partial charge in [-0.2, -0.15) is 4.98 Å². The molecule has 1 unspecified atom stereocenters. The number of likely N-dealkylation sites (tertiary alicyclic amines) is 2. The van der Waals surface area contributed by atoms with Gasteiger partial charge >= 0.3 is 0 Å². The molecule has 1 aromatic heterocycles. The smallest absolute Gasteiger partial charge is 0.232 e. The summed E-state index contributed by atoms with van der Waals surface area (Å²) in [5.41, 5.74) is 0. The van der Waals surface area contributed by atoms with Gasteiger partial charge in [0.05, 0.1) is 5.92 Å². The molecule has 1 amide bonds. The van der Waals surface area contributed by atoms with Crippen LogP contribution in [0.25, 0.3) is 0 Å². The Labute approximate surface area is 144 Å². The lowest BCUT2D eigenvalue weighted by Crippen LogP contribution is -2.32. The number of hydrogen-bond acceptors (Lipinski definition) is 6. The first kappa shape index (κ1) is 17.4. The molecule has 2 fully saturated rings. The van der Waals surface area contributed by atoms with Crippen LogP contribution in [0.1, 0.15) is 36.9 Å². The summed E-state index contributed by atoms with van der Waals surface area (Å²) in [6.07, 6.45) is 3.77. The quantitative estimate of drug-likeness (QED) is 0.767. The molecule has 2 aliphatic rings. The Bertz CT molecular complexity index is 551. The van der Waals surface area contributed by atoms with Gasteiger partial charge < -0.3 is 19.2 Å². The van der Waals surface area contributed by atoms with Crippen molar-refractivity contribution in [3.63, 3.8) is 0 Å². The van der Waals surface area contributed by atoms with Crippen molar-refractivity contribution < 1.29 is 9.32 Å². The summed E-state index contributed by atoms with van der Waals surface area (Å²) in [4.78, 5) is 23.1. The zero-order chi connectivity index (χ0) is 17.1. The molecule has 3 rings (SSSR count). The first-order valence-electron chi connectivity index (χ1n) is 8.95. The van der Waals surface area contributed by atoms with E-state index in [4.69, 9.17) is 4.52 Å². The monoisotopic (exact) mass is 335 g/mol. The van der Waals surface area contributed by atoms with Crippen molar-refractivity contribution in [1.29, 1.82) is 0 Å². The first-order chi connectivity index (χ1) is 11.5. The highest BCUT2D eigenvalue weighted by molar-refractivity contribution is 5.79. The second kappa shape index (κ2) is 7.61. The van der Waals surface area contributed by atoms with Crippen LogP contribution in [0.15, 0.2) is 4.52 Å². The summed E-state index contributed by atoms with van der Waals surface area (Å²) in [7, 11) is 6.21. The summed E-state index contributed by atoms with van der Waals surface area (Å²) in [5, 5.41) is 4.16. The maximum absolute atomic E-state index is 12.1. The Morgan fingerprint density at radius 1 is 1.29 bits per heavy atom. The zero-order valence-electron chi connectivity index (χ0n) is 15.1. The van der Waals surface area contributed by atoms with Crippen molar-refractivity contribution in [2.75, 3.05) is 53.9 Å². The van der Waals surface area contributed by atoms with Gasteiger partial charge in [0.15, 0.2) is 5.82 Å². The second-order valence-electron chi connectivity index (χ2n) is 7.54. The Balaban J connectivity index is 1.53. The van der Waals surface area contributed by atoms with Gasteiger partial charge in [0.25, 0.3) is 0 Å². The van der Waals surface area contributed by atoms with Crippen LogP contribution in [0.4, 0.5) is 0 Å². The van der Waals surface area contributed by atoms with Gasteiger partial charge in [-0.25, -0.2) is 0 Å². The van der Waals surface area contributed by atoms with Crippen LogP contribution in [0.2, 0.25) is 0 Å². The Hall–Kier alpha value is -1.47. The van der Waals surface area contributed by atoms with Crippen LogP contribution in [0.3, 0.4) is 0 Å².